The van der Waals surface area contributed by atoms with Crippen LogP contribution < -0.4 is 5.32 Å². The molecule has 0 spiro atoms. The molecular formula is C21H21N5O3. The second-order valence-electron chi connectivity index (χ2n) is 7.14. The molecule has 1 aliphatic heterocycles. The Kier molecular flexibility index (Phi) is 5.07. The number of anilines is 1. The molecule has 0 saturated heterocycles. The molecule has 0 bridgehead atoms. The zero-order chi connectivity index (χ0) is 20.4. The molecule has 0 aliphatic carbocycles. The summed E-state index contributed by atoms with van der Waals surface area (Å²) in [6, 6.07) is 11.9. The summed E-state index contributed by atoms with van der Waals surface area (Å²) in [5.41, 5.74) is 2.02. The summed E-state index contributed by atoms with van der Waals surface area (Å²) in [6.07, 6.45) is 4.33. The van der Waals surface area contributed by atoms with Crippen molar-refractivity contribution >= 4 is 17.3 Å². The second kappa shape index (κ2) is 7.83. The molecule has 1 aliphatic rings. The molecule has 4 rings (SSSR count). The number of aryl methyl sites for hydroxylation is 1. The van der Waals surface area contributed by atoms with Crippen LogP contribution in [0, 0.1) is 17.0 Å². The summed E-state index contributed by atoms with van der Waals surface area (Å²) in [7, 11) is 0. The molecule has 1 aromatic heterocycles. The molecule has 2 aromatic carbocycles. The van der Waals surface area contributed by atoms with Crippen molar-refractivity contribution < 1.29 is 9.72 Å². The van der Waals surface area contributed by atoms with Crippen molar-refractivity contribution in [1.82, 2.24) is 14.8 Å². The topological polar surface area (TPSA) is 103 Å². The summed E-state index contributed by atoms with van der Waals surface area (Å²) in [4.78, 5) is 23.4. The first-order chi connectivity index (χ1) is 14.0. The molecule has 8 nitrogen and oxygen atoms in total. The Morgan fingerprint density at radius 2 is 1.97 bits per heavy atom. The molecule has 2 heterocycles. The van der Waals surface area contributed by atoms with Crippen LogP contribution in [0.25, 0.3) is 11.4 Å². The molecule has 0 fully saturated rings. The number of nitrogens with zero attached hydrogens (tertiary/aromatic N) is 4. The number of rotatable bonds is 4. The lowest BCUT2D eigenvalue weighted by molar-refractivity contribution is -0.385. The van der Waals surface area contributed by atoms with Crippen molar-refractivity contribution in [3.8, 4) is 11.4 Å². The molecule has 3 aromatic rings. The Labute approximate surface area is 167 Å². The van der Waals surface area contributed by atoms with Crippen LogP contribution in [0.5, 0.6) is 0 Å². The van der Waals surface area contributed by atoms with Gasteiger partial charge in [-0.3, -0.25) is 14.9 Å². The lowest BCUT2D eigenvalue weighted by atomic mass is 10.1. The SMILES string of the molecule is Cc1c(C(=O)Nc2cccc(-c3nnc4n3CCCCC4)c2)cccc1[N+](=O)[O-]. The van der Waals surface area contributed by atoms with Gasteiger partial charge in [0.1, 0.15) is 5.82 Å². The molecule has 1 N–H and O–H groups in total. The van der Waals surface area contributed by atoms with E-state index in [0.717, 1.165) is 43.0 Å². The highest BCUT2D eigenvalue weighted by Gasteiger charge is 2.19. The highest BCUT2D eigenvalue weighted by atomic mass is 16.6. The number of carbonyl (C=O) groups excluding carboxylic acids is 1. The first-order valence-corrected chi connectivity index (χ1v) is 9.62. The fourth-order valence-electron chi connectivity index (χ4n) is 3.70. The van der Waals surface area contributed by atoms with Crippen LogP contribution >= 0.6 is 0 Å². The Bertz CT molecular complexity index is 1090. The average Bonchev–Trinajstić information content (AvgIpc) is 2.96. The van der Waals surface area contributed by atoms with Gasteiger partial charge >= 0.3 is 0 Å². The van der Waals surface area contributed by atoms with Crippen LogP contribution in [-0.2, 0) is 13.0 Å². The smallest absolute Gasteiger partial charge is 0.273 e. The minimum atomic E-state index is -0.482. The van der Waals surface area contributed by atoms with Crippen molar-refractivity contribution in [2.75, 3.05) is 5.32 Å². The number of benzene rings is 2. The highest BCUT2D eigenvalue weighted by Crippen LogP contribution is 2.26. The predicted octanol–water partition coefficient (Wildman–Crippen LogP) is 4.14. The van der Waals surface area contributed by atoms with Crippen LogP contribution in [0.4, 0.5) is 11.4 Å². The average molecular weight is 391 g/mol. The van der Waals surface area contributed by atoms with Crippen molar-refractivity contribution in [3.05, 3.63) is 69.5 Å². The van der Waals surface area contributed by atoms with Gasteiger partial charge in [0.05, 0.1) is 4.92 Å². The van der Waals surface area contributed by atoms with Crippen molar-refractivity contribution in [1.29, 1.82) is 0 Å². The Balaban J connectivity index is 1.61. The van der Waals surface area contributed by atoms with Gasteiger partial charge in [-0.1, -0.05) is 24.6 Å². The quantitative estimate of drug-likeness (QED) is 0.532. The number of amides is 1. The summed E-state index contributed by atoms with van der Waals surface area (Å²) >= 11 is 0. The highest BCUT2D eigenvalue weighted by molar-refractivity contribution is 6.06. The molecule has 148 valence electrons. The van der Waals surface area contributed by atoms with Gasteiger partial charge in [0.25, 0.3) is 11.6 Å². The molecule has 1 amide bonds. The zero-order valence-corrected chi connectivity index (χ0v) is 16.1. The van der Waals surface area contributed by atoms with E-state index in [0.29, 0.717) is 11.3 Å². The third-order valence-corrected chi connectivity index (χ3v) is 5.23. The molecule has 0 radical (unpaired) electrons. The maximum absolute atomic E-state index is 12.7. The van der Waals surface area contributed by atoms with E-state index >= 15 is 0 Å². The maximum Gasteiger partial charge on any atom is 0.273 e. The molecule has 29 heavy (non-hydrogen) atoms. The van der Waals surface area contributed by atoms with Crippen molar-refractivity contribution in [2.45, 2.75) is 39.2 Å². The van der Waals surface area contributed by atoms with E-state index < -0.39 is 4.92 Å². The van der Waals surface area contributed by atoms with Crippen molar-refractivity contribution in [2.24, 2.45) is 0 Å². The standard InChI is InChI=1S/C21H21N5O3/c1-14-17(9-6-10-18(14)26(28)29)21(27)22-16-8-5-7-15(13-16)20-24-23-19-11-3-2-4-12-25(19)20/h5-10,13H,2-4,11-12H2,1H3,(H,22,27). The molecular weight excluding hydrogens is 370 g/mol. The van der Waals surface area contributed by atoms with E-state index in [2.05, 4.69) is 20.1 Å². The lowest BCUT2D eigenvalue weighted by Crippen LogP contribution is -2.14. The normalized spacial score (nSPS) is 13.4. The first-order valence-electron chi connectivity index (χ1n) is 9.62. The van der Waals surface area contributed by atoms with Gasteiger partial charge in [0.2, 0.25) is 0 Å². The molecule has 0 saturated carbocycles. The summed E-state index contributed by atoms with van der Waals surface area (Å²) in [5, 5.41) is 22.7. The van der Waals surface area contributed by atoms with Crippen molar-refractivity contribution in [3.63, 3.8) is 0 Å². The number of nitro benzene ring substituents is 1. The van der Waals surface area contributed by atoms with Gasteiger partial charge in [0.15, 0.2) is 5.82 Å². The molecule has 0 unspecified atom stereocenters. The number of hydrogen-bond donors (Lipinski definition) is 1. The van der Waals surface area contributed by atoms with Gasteiger partial charge in [-0.05, 0) is 38.0 Å². The van der Waals surface area contributed by atoms with E-state index in [1.54, 1.807) is 19.1 Å². The first kappa shape index (κ1) is 18.8. The fraction of sp³-hybridized carbons (Fsp3) is 0.286. The Hall–Kier alpha value is -3.55. The third-order valence-electron chi connectivity index (χ3n) is 5.23. The van der Waals surface area contributed by atoms with E-state index in [1.807, 2.05) is 18.2 Å². The van der Waals surface area contributed by atoms with Crippen LogP contribution in [0.3, 0.4) is 0 Å². The summed E-state index contributed by atoms with van der Waals surface area (Å²) < 4.78 is 2.15. The monoisotopic (exact) mass is 391 g/mol. The van der Waals surface area contributed by atoms with Gasteiger partial charge in [-0.25, -0.2) is 0 Å². The minimum absolute atomic E-state index is 0.0717. The van der Waals surface area contributed by atoms with Gasteiger partial charge in [0, 0.05) is 41.4 Å². The number of carbonyl (C=O) groups is 1. The number of fused-ring (bicyclic) bond motifs is 1. The number of aromatic nitrogens is 3. The minimum Gasteiger partial charge on any atom is -0.322 e. The Morgan fingerprint density at radius 1 is 1.14 bits per heavy atom. The van der Waals surface area contributed by atoms with E-state index in [1.165, 1.54) is 18.6 Å². The third kappa shape index (κ3) is 3.73. The molecule has 8 heteroatoms. The zero-order valence-electron chi connectivity index (χ0n) is 16.1. The summed E-state index contributed by atoms with van der Waals surface area (Å²) in [6.45, 7) is 2.47. The largest absolute Gasteiger partial charge is 0.322 e. The Morgan fingerprint density at radius 3 is 2.79 bits per heavy atom. The maximum atomic E-state index is 12.7. The second-order valence-corrected chi connectivity index (χ2v) is 7.14. The van der Waals surface area contributed by atoms with Crippen LogP contribution in [0.2, 0.25) is 0 Å². The molecule has 0 atom stereocenters. The fourth-order valence-corrected chi connectivity index (χ4v) is 3.70. The predicted molar refractivity (Wildman–Crippen MR) is 109 cm³/mol. The van der Waals surface area contributed by atoms with E-state index in [-0.39, 0.29) is 17.2 Å². The van der Waals surface area contributed by atoms with Gasteiger partial charge < -0.3 is 9.88 Å². The van der Waals surface area contributed by atoms with Crippen LogP contribution in [0.15, 0.2) is 42.5 Å². The number of hydrogen-bond acceptors (Lipinski definition) is 5. The lowest BCUT2D eigenvalue weighted by Gasteiger charge is -2.10. The van der Waals surface area contributed by atoms with E-state index in [9.17, 15) is 14.9 Å². The van der Waals surface area contributed by atoms with Gasteiger partial charge in [-0.15, -0.1) is 10.2 Å². The van der Waals surface area contributed by atoms with Gasteiger partial charge in [-0.2, -0.15) is 0 Å². The number of nitro groups is 1. The van der Waals surface area contributed by atoms with Crippen LogP contribution in [0.1, 0.15) is 41.0 Å². The van der Waals surface area contributed by atoms with E-state index in [4.69, 9.17) is 0 Å². The summed E-state index contributed by atoms with van der Waals surface area (Å²) in [5.74, 6) is 1.41. The number of nitrogens with one attached hydrogen (secondary N) is 1. The van der Waals surface area contributed by atoms with Crippen LogP contribution in [-0.4, -0.2) is 25.6 Å².